The van der Waals surface area contributed by atoms with Crippen LogP contribution in [-0.2, 0) is 16.6 Å². The van der Waals surface area contributed by atoms with E-state index in [4.69, 9.17) is 4.74 Å². The molecule has 2 aromatic rings. The zero-order valence-electron chi connectivity index (χ0n) is 14.1. The Morgan fingerprint density at radius 1 is 1.43 bits per heavy atom. The maximum atomic E-state index is 12.6. The molecule has 23 heavy (non-hydrogen) atoms. The van der Waals surface area contributed by atoms with Crippen molar-refractivity contribution < 1.29 is 9.53 Å². The van der Waals surface area contributed by atoms with Gasteiger partial charge in [0, 0.05) is 20.1 Å². The molecule has 0 radical (unpaired) electrons. The topological polar surface area (TPSA) is 73.1 Å². The Morgan fingerprint density at radius 2 is 2.22 bits per heavy atom. The lowest BCUT2D eigenvalue weighted by molar-refractivity contribution is -0.156. The van der Waals surface area contributed by atoms with E-state index in [-0.39, 0.29) is 11.9 Å². The number of nitrogens with zero attached hydrogens (tertiary/aromatic N) is 5. The summed E-state index contributed by atoms with van der Waals surface area (Å²) in [5.41, 5.74) is 0.323. The third-order valence-corrected chi connectivity index (χ3v) is 4.90. The first-order valence-corrected chi connectivity index (χ1v) is 8.04. The number of ether oxygens (including phenoxy) is 1. The first-order chi connectivity index (χ1) is 11.0. The highest BCUT2D eigenvalue weighted by molar-refractivity contribution is 5.88. The van der Waals surface area contributed by atoms with Crippen LogP contribution in [0.15, 0.2) is 12.5 Å². The second-order valence-corrected chi connectivity index (χ2v) is 6.41. The second kappa shape index (κ2) is 5.79. The molecule has 0 saturated carbocycles. The van der Waals surface area contributed by atoms with Gasteiger partial charge in [0.05, 0.1) is 23.6 Å². The maximum absolute atomic E-state index is 12.6. The van der Waals surface area contributed by atoms with Crippen LogP contribution >= 0.6 is 0 Å². The molecule has 124 valence electrons. The van der Waals surface area contributed by atoms with Gasteiger partial charge >= 0.3 is 5.97 Å². The number of esters is 1. The smallest absolute Gasteiger partial charge is 0.314 e. The first-order valence-electron chi connectivity index (χ1n) is 8.04. The SMILES string of the molecule is CCOC(=O)C1(C(C)C)CCN(c2ncnc3c2cnn3C)C1. The van der Waals surface area contributed by atoms with Gasteiger partial charge in [-0.15, -0.1) is 0 Å². The minimum atomic E-state index is -0.477. The van der Waals surface area contributed by atoms with Crippen molar-refractivity contribution in [3.05, 3.63) is 12.5 Å². The molecule has 1 aliphatic heterocycles. The molecule has 3 rings (SSSR count). The maximum Gasteiger partial charge on any atom is 0.314 e. The molecule has 2 aromatic heterocycles. The summed E-state index contributed by atoms with van der Waals surface area (Å²) in [7, 11) is 1.86. The summed E-state index contributed by atoms with van der Waals surface area (Å²) in [6.45, 7) is 7.82. The van der Waals surface area contributed by atoms with Crippen molar-refractivity contribution in [2.45, 2.75) is 27.2 Å². The predicted molar refractivity (Wildman–Crippen MR) is 87.0 cm³/mol. The van der Waals surface area contributed by atoms with Crippen molar-refractivity contribution in [3.63, 3.8) is 0 Å². The standard InChI is InChI=1S/C16H23N5O2/c1-5-23-15(22)16(11(2)3)6-7-21(9-16)14-12-8-19-20(4)13(12)17-10-18-14/h8,10-11H,5-7,9H2,1-4H3. The van der Waals surface area contributed by atoms with Gasteiger partial charge in [-0.25, -0.2) is 9.97 Å². The van der Waals surface area contributed by atoms with E-state index >= 15 is 0 Å². The summed E-state index contributed by atoms with van der Waals surface area (Å²) in [5, 5.41) is 5.17. The van der Waals surface area contributed by atoms with Crippen LogP contribution in [-0.4, -0.2) is 45.4 Å². The minimum Gasteiger partial charge on any atom is -0.466 e. The second-order valence-electron chi connectivity index (χ2n) is 6.41. The third-order valence-electron chi connectivity index (χ3n) is 4.90. The molecule has 0 aromatic carbocycles. The molecule has 1 saturated heterocycles. The Kier molecular flexibility index (Phi) is 3.95. The van der Waals surface area contributed by atoms with Gasteiger partial charge in [0.25, 0.3) is 0 Å². The molecule has 1 unspecified atom stereocenters. The Labute approximate surface area is 135 Å². The molecule has 0 N–H and O–H groups in total. The Balaban J connectivity index is 1.95. The highest BCUT2D eigenvalue weighted by Gasteiger charge is 2.48. The fraction of sp³-hybridized carbons (Fsp3) is 0.625. The van der Waals surface area contributed by atoms with Gasteiger partial charge in [0.2, 0.25) is 0 Å². The molecule has 0 aliphatic carbocycles. The summed E-state index contributed by atoms with van der Waals surface area (Å²) in [6, 6.07) is 0. The van der Waals surface area contributed by atoms with Gasteiger partial charge in [0.15, 0.2) is 5.65 Å². The van der Waals surface area contributed by atoms with Crippen LogP contribution in [0, 0.1) is 11.3 Å². The molecule has 7 nitrogen and oxygen atoms in total. The highest BCUT2D eigenvalue weighted by Crippen LogP contribution is 2.41. The number of hydrogen-bond acceptors (Lipinski definition) is 6. The van der Waals surface area contributed by atoms with Crippen molar-refractivity contribution in [2.24, 2.45) is 18.4 Å². The van der Waals surface area contributed by atoms with Crippen molar-refractivity contribution in [1.29, 1.82) is 0 Å². The lowest BCUT2D eigenvalue weighted by Crippen LogP contribution is -2.40. The van der Waals surface area contributed by atoms with E-state index in [9.17, 15) is 4.79 Å². The van der Waals surface area contributed by atoms with Crippen molar-refractivity contribution in [1.82, 2.24) is 19.7 Å². The molecule has 0 amide bonds. The van der Waals surface area contributed by atoms with Crippen molar-refractivity contribution >= 4 is 22.8 Å². The molecule has 0 bridgehead atoms. The van der Waals surface area contributed by atoms with Crippen LogP contribution in [0.4, 0.5) is 5.82 Å². The average molecular weight is 317 g/mol. The molecule has 1 atom stereocenters. The number of aryl methyl sites for hydroxylation is 1. The number of hydrogen-bond donors (Lipinski definition) is 0. The molecule has 7 heteroatoms. The van der Waals surface area contributed by atoms with Crippen LogP contribution in [0.3, 0.4) is 0 Å². The minimum absolute atomic E-state index is 0.103. The summed E-state index contributed by atoms with van der Waals surface area (Å²) in [5.74, 6) is 0.946. The normalized spacial score (nSPS) is 21.3. The van der Waals surface area contributed by atoms with Crippen molar-refractivity contribution in [2.75, 3.05) is 24.6 Å². The van der Waals surface area contributed by atoms with Gasteiger partial charge in [-0.3, -0.25) is 9.48 Å². The Morgan fingerprint density at radius 3 is 2.91 bits per heavy atom. The van der Waals surface area contributed by atoms with Gasteiger partial charge in [-0.05, 0) is 19.3 Å². The lowest BCUT2D eigenvalue weighted by Gasteiger charge is -2.31. The zero-order chi connectivity index (χ0) is 16.6. The van der Waals surface area contributed by atoms with Crippen LogP contribution in [0.1, 0.15) is 27.2 Å². The molecule has 1 fully saturated rings. The third kappa shape index (κ3) is 2.44. The van der Waals surface area contributed by atoms with Crippen LogP contribution in [0.5, 0.6) is 0 Å². The van der Waals surface area contributed by atoms with E-state index in [0.29, 0.717) is 13.2 Å². The number of carbonyl (C=O) groups is 1. The van der Waals surface area contributed by atoms with E-state index in [1.807, 2.05) is 14.0 Å². The summed E-state index contributed by atoms with van der Waals surface area (Å²) in [6.07, 6.45) is 4.11. The highest BCUT2D eigenvalue weighted by atomic mass is 16.5. The van der Waals surface area contributed by atoms with Crippen LogP contribution < -0.4 is 4.90 Å². The monoisotopic (exact) mass is 317 g/mol. The van der Waals surface area contributed by atoms with E-state index in [2.05, 4.69) is 33.8 Å². The molecular formula is C16H23N5O2. The molecule has 1 aliphatic rings. The van der Waals surface area contributed by atoms with Crippen LogP contribution in [0.2, 0.25) is 0 Å². The van der Waals surface area contributed by atoms with Gasteiger partial charge in [-0.1, -0.05) is 13.8 Å². The first kappa shape index (κ1) is 15.7. The summed E-state index contributed by atoms with van der Waals surface area (Å²) in [4.78, 5) is 23.4. The predicted octanol–water partition coefficient (Wildman–Crippen LogP) is 1.78. The fourth-order valence-electron chi connectivity index (χ4n) is 3.36. The number of carbonyl (C=O) groups excluding carboxylic acids is 1. The average Bonchev–Trinajstić information content (AvgIpc) is 3.13. The van der Waals surface area contributed by atoms with Gasteiger partial charge < -0.3 is 9.64 Å². The number of aromatic nitrogens is 4. The van der Waals surface area contributed by atoms with E-state index in [0.717, 1.165) is 29.8 Å². The van der Waals surface area contributed by atoms with Crippen molar-refractivity contribution in [3.8, 4) is 0 Å². The quantitative estimate of drug-likeness (QED) is 0.800. The molecule has 3 heterocycles. The fourth-order valence-corrected chi connectivity index (χ4v) is 3.36. The van der Waals surface area contributed by atoms with Gasteiger partial charge in [0.1, 0.15) is 12.1 Å². The largest absolute Gasteiger partial charge is 0.466 e. The van der Waals surface area contributed by atoms with Gasteiger partial charge in [-0.2, -0.15) is 5.10 Å². The Bertz CT molecular complexity index is 726. The molecule has 0 spiro atoms. The van der Waals surface area contributed by atoms with E-state index < -0.39 is 5.41 Å². The Hall–Kier alpha value is -2.18. The molecular weight excluding hydrogens is 294 g/mol. The number of anilines is 1. The van der Waals surface area contributed by atoms with Crippen LogP contribution in [0.25, 0.3) is 11.0 Å². The van der Waals surface area contributed by atoms with E-state index in [1.54, 1.807) is 17.2 Å². The number of fused-ring (bicyclic) bond motifs is 1. The summed E-state index contributed by atoms with van der Waals surface area (Å²) < 4.78 is 7.09. The lowest BCUT2D eigenvalue weighted by atomic mass is 9.76. The zero-order valence-corrected chi connectivity index (χ0v) is 14.1. The number of rotatable bonds is 4. The summed E-state index contributed by atoms with van der Waals surface area (Å²) >= 11 is 0. The van der Waals surface area contributed by atoms with E-state index in [1.165, 1.54) is 0 Å².